The van der Waals surface area contributed by atoms with Crippen LogP contribution in [0, 0.1) is 10.2 Å². The largest absolute Gasteiger partial charge is 0.355 e. The van der Waals surface area contributed by atoms with Crippen molar-refractivity contribution in [3.05, 3.63) is 61.7 Å². The Balaban J connectivity index is 1.95. The van der Waals surface area contributed by atoms with E-state index in [1.807, 2.05) is 28.8 Å². The predicted molar refractivity (Wildman–Crippen MR) is 109 cm³/mol. The molecule has 0 bridgehead atoms. The van der Waals surface area contributed by atoms with Gasteiger partial charge in [0.25, 0.3) is 5.56 Å². The van der Waals surface area contributed by atoms with Gasteiger partial charge in [0.15, 0.2) is 4.77 Å². The predicted octanol–water partition coefficient (Wildman–Crippen LogP) is 4.22. The molecule has 3 N–H and O–H groups in total. The number of nitrogens with one attached hydrogen (secondary N) is 3. The van der Waals surface area contributed by atoms with Gasteiger partial charge in [0.1, 0.15) is 5.52 Å². The lowest BCUT2D eigenvalue weighted by molar-refractivity contribution is 0.379. The van der Waals surface area contributed by atoms with Crippen LogP contribution in [0.25, 0.3) is 11.0 Å². The molecule has 0 spiro atoms. The van der Waals surface area contributed by atoms with Crippen LogP contribution in [0.1, 0.15) is 31.9 Å². The van der Waals surface area contributed by atoms with Crippen LogP contribution in [0.15, 0.2) is 35.3 Å². The third-order valence-corrected chi connectivity index (χ3v) is 4.73. The molecule has 0 aliphatic carbocycles. The maximum Gasteiger partial charge on any atom is 0.276 e. The second-order valence-electron chi connectivity index (χ2n) is 7.66. The molecule has 0 fully saturated rings. The Labute approximate surface area is 162 Å². The SMILES string of the molecule is CC(C)(C)CNCc1cc(Cl)ccc1Cn1c(=S)[nH]c(=O)c2[nH]ccc21. The van der Waals surface area contributed by atoms with E-state index in [2.05, 4.69) is 36.1 Å². The summed E-state index contributed by atoms with van der Waals surface area (Å²) in [7, 11) is 0. The normalized spacial score (nSPS) is 12.0. The Hall–Kier alpha value is -1.89. The van der Waals surface area contributed by atoms with Gasteiger partial charge in [-0.1, -0.05) is 38.4 Å². The van der Waals surface area contributed by atoms with Crippen molar-refractivity contribution >= 4 is 34.9 Å². The zero-order chi connectivity index (χ0) is 18.9. The van der Waals surface area contributed by atoms with Crippen molar-refractivity contribution in [1.82, 2.24) is 19.9 Å². The molecule has 7 heteroatoms. The van der Waals surface area contributed by atoms with Crippen LogP contribution in [-0.2, 0) is 13.1 Å². The average Bonchev–Trinajstić information content (AvgIpc) is 3.02. The maximum absolute atomic E-state index is 12.0. The first-order chi connectivity index (χ1) is 12.2. The highest BCUT2D eigenvalue weighted by atomic mass is 35.5. The minimum absolute atomic E-state index is 0.200. The number of aromatic amines is 2. The maximum atomic E-state index is 12.0. The molecule has 2 aromatic heterocycles. The Morgan fingerprint density at radius 1 is 1.23 bits per heavy atom. The van der Waals surface area contributed by atoms with Crippen LogP contribution in [0.2, 0.25) is 5.02 Å². The van der Waals surface area contributed by atoms with E-state index >= 15 is 0 Å². The van der Waals surface area contributed by atoms with E-state index in [1.165, 1.54) is 0 Å². The fourth-order valence-corrected chi connectivity index (χ4v) is 3.37. The van der Waals surface area contributed by atoms with Gasteiger partial charge < -0.3 is 14.9 Å². The number of hydrogen-bond donors (Lipinski definition) is 3. The molecule has 3 aromatic rings. The van der Waals surface area contributed by atoms with E-state index in [1.54, 1.807) is 6.20 Å². The van der Waals surface area contributed by atoms with Crippen molar-refractivity contribution in [3.63, 3.8) is 0 Å². The number of nitrogens with zero attached hydrogens (tertiary/aromatic N) is 1. The first kappa shape index (κ1) is 18.9. The average molecular weight is 391 g/mol. The quantitative estimate of drug-likeness (QED) is 0.571. The Morgan fingerprint density at radius 3 is 2.73 bits per heavy atom. The third kappa shape index (κ3) is 4.26. The molecule has 0 saturated carbocycles. The summed E-state index contributed by atoms with van der Waals surface area (Å²) >= 11 is 11.6. The smallest absolute Gasteiger partial charge is 0.276 e. The molecule has 138 valence electrons. The van der Waals surface area contributed by atoms with Crippen molar-refractivity contribution in [2.75, 3.05) is 6.54 Å². The number of H-pyrrole nitrogens is 2. The van der Waals surface area contributed by atoms with Gasteiger partial charge in [-0.2, -0.15) is 0 Å². The standard InChI is InChI=1S/C19H23ClN4OS/c1-19(2,3)11-21-9-13-8-14(20)5-4-12(13)10-24-15-6-7-22-16(15)17(25)23-18(24)26/h4-8,21-22H,9-11H2,1-3H3,(H,23,25,26). The van der Waals surface area contributed by atoms with Gasteiger partial charge in [-0.3, -0.25) is 9.78 Å². The number of fused-ring (bicyclic) bond motifs is 1. The first-order valence-electron chi connectivity index (χ1n) is 8.53. The zero-order valence-electron chi connectivity index (χ0n) is 15.1. The van der Waals surface area contributed by atoms with Crippen molar-refractivity contribution in [2.24, 2.45) is 5.41 Å². The fraction of sp³-hybridized carbons (Fsp3) is 0.368. The van der Waals surface area contributed by atoms with Crippen LogP contribution in [0.5, 0.6) is 0 Å². The Morgan fingerprint density at radius 2 is 2.00 bits per heavy atom. The molecule has 3 rings (SSSR count). The lowest BCUT2D eigenvalue weighted by Gasteiger charge is -2.20. The van der Waals surface area contributed by atoms with Gasteiger partial charge in [0.05, 0.1) is 12.1 Å². The van der Waals surface area contributed by atoms with Crippen LogP contribution in [-0.4, -0.2) is 21.1 Å². The minimum Gasteiger partial charge on any atom is -0.355 e. The zero-order valence-corrected chi connectivity index (χ0v) is 16.7. The summed E-state index contributed by atoms with van der Waals surface area (Å²) in [5.74, 6) is 0. The van der Waals surface area contributed by atoms with Gasteiger partial charge >= 0.3 is 0 Å². The van der Waals surface area contributed by atoms with E-state index in [-0.39, 0.29) is 11.0 Å². The Kier molecular flexibility index (Phi) is 5.37. The number of benzene rings is 1. The number of aromatic nitrogens is 3. The highest BCUT2D eigenvalue weighted by Gasteiger charge is 2.12. The molecule has 0 aliphatic heterocycles. The molecule has 1 aromatic carbocycles. The monoisotopic (exact) mass is 390 g/mol. The molecule has 0 amide bonds. The van der Waals surface area contributed by atoms with Crippen LogP contribution in [0.4, 0.5) is 0 Å². The van der Waals surface area contributed by atoms with Gasteiger partial charge in [-0.25, -0.2) is 0 Å². The van der Waals surface area contributed by atoms with Crippen molar-refractivity contribution in [3.8, 4) is 0 Å². The molecule has 5 nitrogen and oxygen atoms in total. The molecule has 26 heavy (non-hydrogen) atoms. The van der Waals surface area contributed by atoms with Gasteiger partial charge in [-0.15, -0.1) is 0 Å². The topological polar surface area (TPSA) is 65.6 Å². The summed E-state index contributed by atoms with van der Waals surface area (Å²) in [6.07, 6.45) is 1.75. The van der Waals surface area contributed by atoms with Gasteiger partial charge in [-0.05, 0) is 47.0 Å². The molecule has 0 saturated heterocycles. The van der Waals surface area contributed by atoms with Crippen molar-refractivity contribution in [2.45, 2.75) is 33.9 Å². The lowest BCUT2D eigenvalue weighted by atomic mass is 9.97. The summed E-state index contributed by atoms with van der Waals surface area (Å²) in [6.45, 7) is 8.77. The molecular formula is C19H23ClN4OS. The number of halogens is 1. The van der Waals surface area contributed by atoms with E-state index in [9.17, 15) is 4.79 Å². The second-order valence-corrected chi connectivity index (χ2v) is 8.48. The lowest BCUT2D eigenvalue weighted by Crippen LogP contribution is -2.27. The van der Waals surface area contributed by atoms with E-state index < -0.39 is 0 Å². The van der Waals surface area contributed by atoms with E-state index in [0.29, 0.717) is 21.9 Å². The summed E-state index contributed by atoms with van der Waals surface area (Å²) in [4.78, 5) is 17.7. The first-order valence-corrected chi connectivity index (χ1v) is 9.31. The minimum atomic E-state index is -0.200. The molecular weight excluding hydrogens is 368 g/mol. The van der Waals surface area contributed by atoms with E-state index in [4.69, 9.17) is 23.8 Å². The Bertz CT molecular complexity index is 1040. The summed E-state index contributed by atoms with van der Waals surface area (Å²) in [5.41, 5.74) is 3.56. The molecule has 0 unspecified atom stereocenters. The molecule has 0 atom stereocenters. The summed E-state index contributed by atoms with van der Waals surface area (Å²) in [6, 6.07) is 7.75. The van der Waals surface area contributed by atoms with Crippen LogP contribution < -0.4 is 10.9 Å². The highest BCUT2D eigenvalue weighted by Crippen LogP contribution is 2.20. The van der Waals surface area contributed by atoms with Crippen LogP contribution in [0.3, 0.4) is 0 Å². The summed E-state index contributed by atoms with van der Waals surface area (Å²) < 4.78 is 2.34. The second kappa shape index (κ2) is 7.39. The third-order valence-electron chi connectivity index (χ3n) is 4.18. The molecule has 0 radical (unpaired) electrons. The van der Waals surface area contributed by atoms with Gasteiger partial charge in [0.2, 0.25) is 0 Å². The fourth-order valence-electron chi connectivity index (χ4n) is 2.92. The van der Waals surface area contributed by atoms with Crippen molar-refractivity contribution in [1.29, 1.82) is 0 Å². The number of rotatable bonds is 5. The van der Waals surface area contributed by atoms with Gasteiger partial charge in [0, 0.05) is 24.3 Å². The molecule has 2 heterocycles. The summed E-state index contributed by atoms with van der Waals surface area (Å²) in [5, 5.41) is 4.20. The number of hydrogen-bond acceptors (Lipinski definition) is 3. The highest BCUT2D eigenvalue weighted by molar-refractivity contribution is 7.71. The molecule has 0 aliphatic rings. The van der Waals surface area contributed by atoms with E-state index in [0.717, 1.165) is 29.7 Å². The van der Waals surface area contributed by atoms with Crippen LogP contribution >= 0.6 is 23.8 Å². The van der Waals surface area contributed by atoms with Crippen molar-refractivity contribution < 1.29 is 0 Å².